The second kappa shape index (κ2) is 18.5. The van der Waals surface area contributed by atoms with Gasteiger partial charge in [-0.25, -0.2) is 0 Å². The quantitative estimate of drug-likeness (QED) is 0.158. The van der Waals surface area contributed by atoms with Crippen LogP contribution in [0.1, 0.15) is 116 Å². The largest absolute Gasteiger partial charge is 0.380 e. The summed E-state index contributed by atoms with van der Waals surface area (Å²) in [5.41, 5.74) is 4.23. The molecule has 0 amide bonds. The van der Waals surface area contributed by atoms with Gasteiger partial charge in [-0.2, -0.15) is 5.54 Å². The summed E-state index contributed by atoms with van der Waals surface area (Å²) in [6.07, 6.45) is 19.1. The Balaban J connectivity index is 2.24. The van der Waals surface area contributed by atoms with Gasteiger partial charge in [0.05, 0.1) is 0 Å². The van der Waals surface area contributed by atoms with Gasteiger partial charge >= 0.3 is 0 Å². The fourth-order valence-corrected chi connectivity index (χ4v) is 4.58. The predicted octanol–water partition coefficient (Wildman–Crippen LogP) is 9.00. The van der Waals surface area contributed by atoms with Crippen LogP contribution in [0.3, 0.4) is 0 Å². The molecule has 0 aliphatic carbocycles. The van der Waals surface area contributed by atoms with Gasteiger partial charge in [-0.15, -0.1) is 4.48 Å². The van der Waals surface area contributed by atoms with Crippen molar-refractivity contribution in [2.45, 2.75) is 124 Å². The first-order valence-corrected chi connectivity index (χ1v) is 13.3. The standard InChI is InChI=1S/C28H51FN2/c1-5-7-8-9-10-11-12-13-14-15-19-26(6-2)22-21-25(4)28(23-30-29)31-27-20-17-16-18-24(27)3/h16-18,20,25-26,28,30-31H,5-15,19,21-23H2,1-4H3. The minimum atomic E-state index is 0.112. The first-order chi connectivity index (χ1) is 15.1. The van der Waals surface area contributed by atoms with Gasteiger partial charge in [0, 0.05) is 18.3 Å². The minimum absolute atomic E-state index is 0.112. The number of benzene rings is 1. The van der Waals surface area contributed by atoms with Gasteiger partial charge in [0.15, 0.2) is 0 Å². The average molecular weight is 435 g/mol. The zero-order chi connectivity index (χ0) is 22.7. The molecule has 0 bridgehead atoms. The summed E-state index contributed by atoms with van der Waals surface area (Å²) in [7, 11) is 0. The smallest absolute Gasteiger partial charge is 0.0464 e. The van der Waals surface area contributed by atoms with E-state index in [2.05, 4.69) is 45.1 Å². The van der Waals surface area contributed by atoms with Crippen molar-refractivity contribution in [3.63, 3.8) is 0 Å². The van der Waals surface area contributed by atoms with E-state index in [0.717, 1.165) is 18.0 Å². The van der Waals surface area contributed by atoms with Crippen molar-refractivity contribution in [3.05, 3.63) is 29.8 Å². The third-order valence-electron chi connectivity index (χ3n) is 7.04. The van der Waals surface area contributed by atoms with E-state index in [1.165, 1.54) is 89.0 Å². The Labute approximate surface area is 193 Å². The lowest BCUT2D eigenvalue weighted by Gasteiger charge is -2.27. The summed E-state index contributed by atoms with van der Waals surface area (Å²) in [4.78, 5) is 0. The maximum atomic E-state index is 13.0. The summed E-state index contributed by atoms with van der Waals surface area (Å²) >= 11 is 0. The number of rotatable bonds is 20. The first-order valence-electron chi connectivity index (χ1n) is 13.3. The molecule has 3 atom stereocenters. The lowest BCUT2D eigenvalue weighted by molar-refractivity contribution is 0.284. The van der Waals surface area contributed by atoms with Crippen LogP contribution in [-0.2, 0) is 0 Å². The summed E-state index contributed by atoms with van der Waals surface area (Å²) in [5.74, 6) is 1.25. The van der Waals surface area contributed by atoms with E-state index in [4.69, 9.17) is 0 Å². The molecule has 0 aromatic heterocycles. The fourth-order valence-electron chi connectivity index (χ4n) is 4.58. The van der Waals surface area contributed by atoms with Crippen molar-refractivity contribution >= 4 is 5.69 Å². The molecule has 31 heavy (non-hydrogen) atoms. The summed E-state index contributed by atoms with van der Waals surface area (Å²) in [5, 5.41) is 3.57. The van der Waals surface area contributed by atoms with Crippen molar-refractivity contribution in [2.24, 2.45) is 11.8 Å². The van der Waals surface area contributed by atoms with Crippen LogP contribution >= 0.6 is 0 Å². The monoisotopic (exact) mass is 434 g/mol. The minimum Gasteiger partial charge on any atom is -0.380 e. The van der Waals surface area contributed by atoms with Crippen LogP contribution in [0.4, 0.5) is 10.2 Å². The second-order valence-electron chi connectivity index (χ2n) is 9.70. The number of aryl methyl sites for hydroxylation is 1. The SMILES string of the molecule is CCCCCCCCCCCCC(CC)CCC(C)C(CNF)Nc1ccccc1C. The maximum absolute atomic E-state index is 13.0. The molecule has 2 nitrogen and oxygen atoms in total. The van der Waals surface area contributed by atoms with Crippen LogP contribution < -0.4 is 10.9 Å². The number of para-hydroxylation sites is 1. The first kappa shape index (κ1) is 27.9. The van der Waals surface area contributed by atoms with Crippen molar-refractivity contribution in [1.29, 1.82) is 0 Å². The molecular formula is C28H51FN2. The molecule has 3 unspecified atom stereocenters. The van der Waals surface area contributed by atoms with Gasteiger partial charge in [-0.1, -0.05) is 122 Å². The molecule has 0 radical (unpaired) electrons. The second-order valence-corrected chi connectivity index (χ2v) is 9.70. The Bertz CT molecular complexity index is 533. The molecule has 0 saturated heterocycles. The van der Waals surface area contributed by atoms with E-state index in [9.17, 15) is 4.48 Å². The normalized spacial score (nSPS) is 14.4. The van der Waals surface area contributed by atoms with Gasteiger partial charge in [-0.3, -0.25) is 0 Å². The number of hydrogen-bond acceptors (Lipinski definition) is 2. The van der Waals surface area contributed by atoms with E-state index in [1.54, 1.807) is 0 Å². The lowest BCUT2D eigenvalue weighted by atomic mass is 9.87. The third kappa shape index (κ3) is 13.1. The molecule has 3 heteroatoms. The van der Waals surface area contributed by atoms with Gasteiger partial charge in [0.2, 0.25) is 0 Å². The number of halogens is 1. The van der Waals surface area contributed by atoms with Crippen molar-refractivity contribution < 1.29 is 4.48 Å². The molecule has 0 heterocycles. The van der Waals surface area contributed by atoms with Crippen LogP contribution in [0, 0.1) is 18.8 Å². The highest BCUT2D eigenvalue weighted by atomic mass is 19.2. The molecule has 0 aliphatic heterocycles. The molecule has 2 N–H and O–H groups in total. The van der Waals surface area contributed by atoms with Crippen molar-refractivity contribution in [3.8, 4) is 0 Å². The molecule has 0 aliphatic rings. The Hall–Kier alpha value is -1.09. The molecule has 0 fully saturated rings. The Morgan fingerprint density at radius 3 is 2.00 bits per heavy atom. The molecular weight excluding hydrogens is 383 g/mol. The number of hydrogen-bond donors (Lipinski definition) is 2. The van der Waals surface area contributed by atoms with Crippen LogP contribution in [0.25, 0.3) is 0 Å². The van der Waals surface area contributed by atoms with E-state index >= 15 is 0 Å². The van der Waals surface area contributed by atoms with E-state index < -0.39 is 0 Å². The summed E-state index contributed by atoms with van der Waals surface area (Å²) < 4.78 is 13.0. The molecule has 0 spiro atoms. The van der Waals surface area contributed by atoms with E-state index in [1.807, 2.05) is 17.7 Å². The zero-order valence-corrected chi connectivity index (χ0v) is 21.0. The van der Waals surface area contributed by atoms with Crippen molar-refractivity contribution in [2.75, 3.05) is 11.9 Å². The molecule has 180 valence electrons. The molecule has 1 rings (SSSR count). The number of nitrogens with one attached hydrogen (secondary N) is 2. The number of unbranched alkanes of at least 4 members (excludes halogenated alkanes) is 9. The molecule has 1 aromatic rings. The highest BCUT2D eigenvalue weighted by molar-refractivity contribution is 5.51. The topological polar surface area (TPSA) is 24.1 Å². The lowest BCUT2D eigenvalue weighted by Crippen LogP contribution is -2.36. The highest BCUT2D eigenvalue weighted by Gasteiger charge is 2.19. The highest BCUT2D eigenvalue weighted by Crippen LogP contribution is 2.25. The average Bonchev–Trinajstić information content (AvgIpc) is 2.78. The van der Waals surface area contributed by atoms with Crippen molar-refractivity contribution in [1.82, 2.24) is 5.54 Å². The number of anilines is 1. The van der Waals surface area contributed by atoms with Crippen LogP contribution in [-0.4, -0.2) is 12.6 Å². The predicted molar refractivity (Wildman–Crippen MR) is 136 cm³/mol. The summed E-state index contributed by atoms with van der Waals surface area (Å²) in [6, 6.07) is 8.39. The van der Waals surface area contributed by atoms with Crippen LogP contribution in [0.2, 0.25) is 0 Å². The Kier molecular flexibility index (Phi) is 16.7. The van der Waals surface area contributed by atoms with Crippen LogP contribution in [0.5, 0.6) is 0 Å². The maximum Gasteiger partial charge on any atom is 0.0464 e. The van der Waals surface area contributed by atoms with Crippen LogP contribution in [0.15, 0.2) is 24.3 Å². The van der Waals surface area contributed by atoms with E-state index in [-0.39, 0.29) is 6.04 Å². The summed E-state index contributed by atoms with van der Waals surface area (Å²) in [6.45, 7) is 9.34. The van der Waals surface area contributed by atoms with Gasteiger partial charge in [-0.05, 0) is 36.8 Å². The Morgan fingerprint density at radius 2 is 1.42 bits per heavy atom. The van der Waals surface area contributed by atoms with Gasteiger partial charge in [0.1, 0.15) is 0 Å². The van der Waals surface area contributed by atoms with E-state index in [0.29, 0.717) is 12.5 Å². The fraction of sp³-hybridized carbons (Fsp3) is 0.786. The molecule has 0 saturated carbocycles. The van der Waals surface area contributed by atoms with Gasteiger partial charge in [0.25, 0.3) is 0 Å². The van der Waals surface area contributed by atoms with Gasteiger partial charge < -0.3 is 5.32 Å². The zero-order valence-electron chi connectivity index (χ0n) is 21.0. The third-order valence-corrected chi connectivity index (χ3v) is 7.04. The Morgan fingerprint density at radius 1 is 0.806 bits per heavy atom. The molecule has 1 aromatic carbocycles.